The van der Waals surface area contributed by atoms with E-state index in [4.69, 9.17) is 0 Å². The Labute approximate surface area is 90.5 Å². The van der Waals surface area contributed by atoms with Crippen LogP contribution in [0.15, 0.2) is 0 Å². The third kappa shape index (κ3) is 4.48. The third-order valence-electron chi connectivity index (χ3n) is 4.01. The van der Waals surface area contributed by atoms with Crippen molar-refractivity contribution in [3.05, 3.63) is 0 Å². The Bertz CT molecular complexity index is 132. The fourth-order valence-corrected chi connectivity index (χ4v) is 2.75. The molecule has 0 unspecified atom stereocenters. The molecular weight excluding hydrogens is 168 g/mol. The fraction of sp³-hybridized carbons (Fsp3) is 1.00. The molecule has 0 amide bonds. The Morgan fingerprint density at radius 1 is 0.929 bits per heavy atom. The molecule has 0 aromatic carbocycles. The minimum atomic E-state index is 0.624. The molecule has 0 radical (unpaired) electrons. The normalized spacial score (nSPS) is 25.9. The van der Waals surface area contributed by atoms with Crippen molar-refractivity contribution in [1.29, 1.82) is 0 Å². The second-order valence-corrected chi connectivity index (χ2v) is 5.93. The van der Waals surface area contributed by atoms with E-state index in [1.54, 1.807) is 0 Å². The summed E-state index contributed by atoms with van der Waals surface area (Å²) in [7, 11) is 0. The lowest BCUT2D eigenvalue weighted by Gasteiger charge is -2.27. The van der Waals surface area contributed by atoms with Crippen LogP contribution >= 0.6 is 0 Å². The van der Waals surface area contributed by atoms with Crippen LogP contribution in [0, 0.1) is 11.3 Å². The van der Waals surface area contributed by atoms with E-state index >= 15 is 0 Å². The maximum atomic E-state index is 2.45. The summed E-state index contributed by atoms with van der Waals surface area (Å²) in [4.78, 5) is 0. The summed E-state index contributed by atoms with van der Waals surface area (Å²) in [6, 6.07) is 0. The first-order valence-electron chi connectivity index (χ1n) is 6.64. The molecular formula is C14H28. The highest BCUT2D eigenvalue weighted by atomic mass is 14.2. The summed E-state index contributed by atoms with van der Waals surface area (Å²) in [5.74, 6) is 1.04. The Balaban J connectivity index is 2.34. The van der Waals surface area contributed by atoms with Crippen molar-refractivity contribution in [2.75, 3.05) is 0 Å². The minimum absolute atomic E-state index is 0.624. The van der Waals surface area contributed by atoms with Gasteiger partial charge in [-0.3, -0.25) is 0 Å². The van der Waals surface area contributed by atoms with Gasteiger partial charge in [-0.25, -0.2) is 0 Å². The van der Waals surface area contributed by atoms with Gasteiger partial charge in [0.1, 0.15) is 0 Å². The highest BCUT2D eigenvalue weighted by Crippen LogP contribution is 2.33. The van der Waals surface area contributed by atoms with Crippen LogP contribution in [0.3, 0.4) is 0 Å². The predicted octanol–water partition coefficient (Wildman–Crippen LogP) is 5.17. The van der Waals surface area contributed by atoms with Gasteiger partial charge in [0.05, 0.1) is 0 Å². The molecule has 0 aromatic rings. The molecule has 0 spiro atoms. The van der Waals surface area contributed by atoms with Gasteiger partial charge in [0.2, 0.25) is 0 Å². The molecule has 0 aromatic heterocycles. The quantitative estimate of drug-likeness (QED) is 0.542. The lowest BCUT2D eigenvalue weighted by atomic mass is 9.79. The molecule has 0 bridgehead atoms. The van der Waals surface area contributed by atoms with Crippen LogP contribution in [-0.4, -0.2) is 0 Å². The van der Waals surface area contributed by atoms with Crippen LogP contribution in [0.2, 0.25) is 0 Å². The number of hydrogen-bond donors (Lipinski definition) is 0. The molecule has 0 atom stereocenters. The molecule has 0 N–H and O–H groups in total. The van der Waals surface area contributed by atoms with Crippen LogP contribution in [0.5, 0.6) is 0 Å². The average molecular weight is 196 g/mol. The van der Waals surface area contributed by atoms with E-state index < -0.39 is 0 Å². The third-order valence-corrected chi connectivity index (χ3v) is 4.01. The molecule has 1 fully saturated rings. The second-order valence-electron chi connectivity index (χ2n) is 5.93. The van der Waals surface area contributed by atoms with Crippen molar-refractivity contribution in [2.24, 2.45) is 11.3 Å². The standard InChI is InChI=1S/C14H28/c1-4-13-9-5-7-11-14(2,3)12-8-6-10-13/h13H,4-12H2,1-3H3. The Kier molecular flexibility index (Phi) is 4.98. The lowest BCUT2D eigenvalue weighted by Crippen LogP contribution is -2.13. The molecule has 0 heterocycles. The molecule has 0 heteroatoms. The van der Waals surface area contributed by atoms with Gasteiger partial charge in [0.15, 0.2) is 0 Å². The Morgan fingerprint density at radius 3 is 1.86 bits per heavy atom. The maximum Gasteiger partial charge on any atom is -0.0354 e. The van der Waals surface area contributed by atoms with Gasteiger partial charge in [0, 0.05) is 0 Å². The van der Waals surface area contributed by atoms with Crippen molar-refractivity contribution in [3.63, 3.8) is 0 Å². The van der Waals surface area contributed by atoms with Crippen LogP contribution < -0.4 is 0 Å². The van der Waals surface area contributed by atoms with Gasteiger partial charge in [-0.15, -0.1) is 0 Å². The van der Waals surface area contributed by atoms with Crippen molar-refractivity contribution in [3.8, 4) is 0 Å². The first-order chi connectivity index (χ1) is 6.64. The van der Waals surface area contributed by atoms with E-state index in [0.29, 0.717) is 5.41 Å². The number of hydrogen-bond acceptors (Lipinski definition) is 0. The zero-order valence-electron chi connectivity index (χ0n) is 10.4. The minimum Gasteiger partial charge on any atom is -0.0651 e. The topological polar surface area (TPSA) is 0 Å². The van der Waals surface area contributed by atoms with Gasteiger partial charge >= 0.3 is 0 Å². The van der Waals surface area contributed by atoms with Crippen LogP contribution in [0.25, 0.3) is 0 Å². The van der Waals surface area contributed by atoms with Crippen LogP contribution in [0.4, 0.5) is 0 Å². The van der Waals surface area contributed by atoms with Gasteiger partial charge in [-0.05, 0) is 24.2 Å². The SMILES string of the molecule is CCC1CCCCC(C)(C)CCCC1. The smallest absolute Gasteiger partial charge is 0.0354 e. The average Bonchev–Trinajstić information content (AvgIpc) is 2.15. The van der Waals surface area contributed by atoms with Crippen LogP contribution in [-0.2, 0) is 0 Å². The van der Waals surface area contributed by atoms with E-state index in [9.17, 15) is 0 Å². The largest absolute Gasteiger partial charge is 0.0651 e. The highest BCUT2D eigenvalue weighted by Gasteiger charge is 2.18. The van der Waals surface area contributed by atoms with E-state index in [1.165, 1.54) is 57.8 Å². The Morgan fingerprint density at radius 2 is 1.43 bits per heavy atom. The molecule has 1 saturated carbocycles. The molecule has 84 valence electrons. The summed E-state index contributed by atoms with van der Waals surface area (Å²) in [6.07, 6.45) is 13.2. The summed E-state index contributed by atoms with van der Waals surface area (Å²) in [6.45, 7) is 7.26. The van der Waals surface area contributed by atoms with Gasteiger partial charge in [-0.1, -0.05) is 65.7 Å². The van der Waals surface area contributed by atoms with E-state index in [2.05, 4.69) is 20.8 Å². The second kappa shape index (κ2) is 5.78. The fourth-order valence-electron chi connectivity index (χ4n) is 2.75. The van der Waals surface area contributed by atoms with E-state index in [0.717, 1.165) is 5.92 Å². The van der Waals surface area contributed by atoms with E-state index in [1.807, 2.05) is 0 Å². The molecule has 1 rings (SSSR count). The van der Waals surface area contributed by atoms with Crippen molar-refractivity contribution in [2.45, 2.75) is 78.6 Å². The molecule has 14 heavy (non-hydrogen) atoms. The predicted molar refractivity (Wildman–Crippen MR) is 64.5 cm³/mol. The summed E-state index contributed by atoms with van der Waals surface area (Å²) in [5.41, 5.74) is 0.624. The molecule has 0 nitrogen and oxygen atoms in total. The Hall–Kier alpha value is 0. The maximum absolute atomic E-state index is 2.45. The van der Waals surface area contributed by atoms with E-state index in [-0.39, 0.29) is 0 Å². The first-order valence-corrected chi connectivity index (χ1v) is 6.64. The first kappa shape index (κ1) is 12.1. The van der Waals surface area contributed by atoms with Crippen molar-refractivity contribution < 1.29 is 0 Å². The highest BCUT2D eigenvalue weighted by molar-refractivity contribution is 4.71. The molecule has 1 aliphatic rings. The molecule has 0 saturated heterocycles. The van der Waals surface area contributed by atoms with Gasteiger partial charge in [0.25, 0.3) is 0 Å². The lowest BCUT2D eigenvalue weighted by molar-refractivity contribution is 0.259. The monoisotopic (exact) mass is 196 g/mol. The number of rotatable bonds is 1. The summed E-state index contributed by atoms with van der Waals surface area (Å²) in [5, 5.41) is 0. The van der Waals surface area contributed by atoms with Gasteiger partial charge in [-0.2, -0.15) is 0 Å². The zero-order chi connectivity index (χ0) is 10.4. The van der Waals surface area contributed by atoms with Crippen LogP contribution in [0.1, 0.15) is 78.6 Å². The zero-order valence-corrected chi connectivity index (χ0v) is 10.4. The summed E-state index contributed by atoms with van der Waals surface area (Å²) < 4.78 is 0. The summed E-state index contributed by atoms with van der Waals surface area (Å²) >= 11 is 0. The van der Waals surface area contributed by atoms with Crippen molar-refractivity contribution in [1.82, 2.24) is 0 Å². The molecule has 0 aliphatic heterocycles. The van der Waals surface area contributed by atoms with Gasteiger partial charge < -0.3 is 0 Å². The molecule has 1 aliphatic carbocycles. The van der Waals surface area contributed by atoms with Crippen molar-refractivity contribution >= 4 is 0 Å².